The summed E-state index contributed by atoms with van der Waals surface area (Å²) >= 11 is 4.55. The Morgan fingerprint density at radius 3 is 1.30 bits per heavy atom. The molecule has 566 valence electrons. The van der Waals surface area contributed by atoms with Gasteiger partial charge < -0.3 is 20.4 Å². The molecule has 2 N–H and O–H groups in total. The molecule has 13 rings (SSSR count). The summed E-state index contributed by atoms with van der Waals surface area (Å²) in [5.41, 5.74) is 4.38. The number of alkyl halides is 12. The van der Waals surface area contributed by atoms with Crippen LogP contribution in [-0.4, -0.2) is 98.7 Å². The summed E-state index contributed by atoms with van der Waals surface area (Å²) in [5.74, 6) is -0.594. The van der Waals surface area contributed by atoms with Crippen LogP contribution >= 0.6 is 45.3 Å². The maximum atomic E-state index is 13.0. The zero-order valence-electron chi connectivity index (χ0n) is 58.8. The highest BCUT2D eigenvalue weighted by Gasteiger charge is 2.39. The van der Waals surface area contributed by atoms with Gasteiger partial charge in [0.05, 0.1) is 39.0 Å². The van der Waals surface area contributed by atoms with Crippen LogP contribution in [0.1, 0.15) is 115 Å². The molecule has 0 bridgehead atoms. The predicted molar refractivity (Wildman–Crippen MR) is 392 cm³/mol. The van der Waals surface area contributed by atoms with Gasteiger partial charge >= 0.3 is 24.7 Å². The summed E-state index contributed by atoms with van der Waals surface area (Å²) in [6.45, 7) is 9.06. The van der Waals surface area contributed by atoms with Gasteiger partial charge in [0.2, 0.25) is 0 Å². The van der Waals surface area contributed by atoms with Gasteiger partial charge in [0.25, 0.3) is 23.6 Å². The molecule has 0 unspecified atom stereocenters. The second kappa shape index (κ2) is 34.2. The molecule has 0 saturated heterocycles. The lowest BCUT2D eigenvalue weighted by atomic mass is 10.00. The predicted octanol–water partition coefficient (Wildman–Crippen LogP) is 18.3. The maximum Gasteiger partial charge on any atom is 0.433 e. The molecule has 108 heavy (non-hydrogen) atoms. The molecule has 1 atom stereocenters. The lowest BCUT2D eigenvalue weighted by molar-refractivity contribution is -0.144. The van der Waals surface area contributed by atoms with Crippen molar-refractivity contribution in [3.05, 3.63) is 258 Å². The lowest BCUT2D eigenvalue weighted by Gasteiger charge is -2.28. The minimum Gasteiger partial charge on any atom is -0.351 e. The van der Waals surface area contributed by atoms with E-state index in [4.69, 9.17) is 0 Å². The summed E-state index contributed by atoms with van der Waals surface area (Å²) in [4.78, 5) is 57.6. The molecule has 4 aromatic carbocycles. The molecule has 16 nitrogen and oxygen atoms in total. The third-order valence-corrected chi connectivity index (χ3v) is 21.4. The maximum absolute atomic E-state index is 13.0. The first kappa shape index (κ1) is 80.1. The van der Waals surface area contributed by atoms with Crippen molar-refractivity contribution >= 4 is 69.0 Å². The molecule has 32 heteroatoms. The SMILES string of the molecule is CCN(Cc1ccccc1)C(=O)c1ccc(-c2cc(C(F)(F)F)n(C)n2)s1.C[C@H](CNC(=O)c1ccc(-c2cc(C(F)(F)F)n(C)n2)s1)c1ccccc1.Cc1ccc(CCNC(=O)c2ccc(-c3cc(C(F)(F)F)n(C)n3)s2)cc1.Cn1nc(-c2ccc(C(=O)N3CCc4ccccc4C3)s2)cc1C(F)(F)F. The van der Waals surface area contributed by atoms with E-state index in [9.17, 15) is 71.9 Å². The topological polar surface area (TPSA) is 170 Å². The van der Waals surface area contributed by atoms with Crippen LogP contribution in [0.5, 0.6) is 0 Å². The second-order valence-corrected chi connectivity index (χ2v) is 29.2. The van der Waals surface area contributed by atoms with E-state index in [0.29, 0.717) is 84.7 Å². The monoisotopic (exact) mass is 1570 g/mol. The minimum atomic E-state index is -4.47. The van der Waals surface area contributed by atoms with E-state index in [1.54, 1.807) is 58.3 Å². The van der Waals surface area contributed by atoms with Crippen LogP contribution in [0.2, 0.25) is 0 Å². The third kappa shape index (κ3) is 20.4. The van der Waals surface area contributed by atoms with Crippen molar-refractivity contribution in [3.8, 4) is 42.3 Å². The summed E-state index contributed by atoms with van der Waals surface area (Å²) in [6.07, 6.45) is -16.4. The summed E-state index contributed by atoms with van der Waals surface area (Å²) in [6, 6.07) is 52.6. The zero-order valence-corrected chi connectivity index (χ0v) is 62.1. The quantitative estimate of drug-likeness (QED) is 0.0849. The summed E-state index contributed by atoms with van der Waals surface area (Å²) in [5, 5.41) is 21.4. The third-order valence-electron chi connectivity index (χ3n) is 17.0. The smallest absolute Gasteiger partial charge is 0.351 e. The standard InChI is InChI=1S/C19H16F3N3OS.3C19H18F3N3OS/c1-24-17(19(20,21)22)10-14(23-24)15-6-7-16(27-15)18(26)25-9-8-12-4-2-3-5-13(12)11-25;1-12-3-5-13(6-4-12)9-10-23-18(26)16-8-7-15(27-16)14-11-17(19(20,21)22)25(2)24-14;1-12(13-6-4-3-5-7-13)11-23-18(26)16-9-8-15(27-16)14-10-17(19(20,21)22)25(2)24-14;1-3-25(12-13-7-5-4-6-8-13)18(26)16-10-9-15(27-16)14-11-17(19(20,21)22)24(2)23-14/h2-7,10H,8-9,11H2,1H3;3-8,11H,9-10H2,1-2H3,(H,23,26);3-10,12H,11H2,1-2H3,(H,23,26);4-11H,3,12H2,1-2H3/t;;12-;/m..1./s1. The molecule has 0 radical (unpaired) electrons. The number of aromatic nitrogens is 8. The summed E-state index contributed by atoms with van der Waals surface area (Å²) < 4.78 is 158. The molecule has 4 amide bonds. The van der Waals surface area contributed by atoms with Gasteiger partial charge in [-0.25, -0.2) is 0 Å². The van der Waals surface area contributed by atoms with Crippen LogP contribution in [0.15, 0.2) is 182 Å². The number of benzene rings is 4. The zero-order chi connectivity index (χ0) is 78.0. The Kier molecular flexibility index (Phi) is 25.4. The Labute approximate surface area is 628 Å². The molecule has 0 saturated carbocycles. The van der Waals surface area contributed by atoms with Gasteiger partial charge in [-0.05, 0) is 133 Å². The number of thiophene rings is 4. The first-order chi connectivity index (χ1) is 51.1. The Bertz CT molecular complexity index is 4960. The number of nitrogens with one attached hydrogen (secondary N) is 2. The highest BCUT2D eigenvalue weighted by atomic mass is 32.1. The van der Waals surface area contributed by atoms with Crippen LogP contribution in [0.3, 0.4) is 0 Å². The van der Waals surface area contributed by atoms with Crippen molar-refractivity contribution in [2.24, 2.45) is 28.2 Å². The van der Waals surface area contributed by atoms with Gasteiger partial charge in [0.15, 0.2) is 0 Å². The van der Waals surface area contributed by atoms with E-state index in [-0.39, 0.29) is 52.3 Å². The summed E-state index contributed by atoms with van der Waals surface area (Å²) in [7, 11) is 5.01. The number of amides is 4. The average Bonchev–Trinajstić information content (AvgIpc) is 1.03. The van der Waals surface area contributed by atoms with E-state index in [1.807, 2.05) is 124 Å². The Hall–Kier alpha value is -10.4. The van der Waals surface area contributed by atoms with Gasteiger partial charge in [-0.3, -0.25) is 37.9 Å². The number of halogens is 12. The highest BCUT2D eigenvalue weighted by Crippen LogP contribution is 2.39. The lowest BCUT2D eigenvalue weighted by Crippen LogP contribution is -2.35. The Morgan fingerprint density at radius 1 is 0.472 bits per heavy atom. The molecule has 8 aromatic heterocycles. The minimum absolute atomic E-state index is 0.104. The molecule has 0 spiro atoms. The first-order valence-corrected chi connectivity index (χ1v) is 36.6. The molecule has 12 aromatic rings. The second-order valence-electron chi connectivity index (χ2n) is 24.9. The van der Waals surface area contributed by atoms with Gasteiger partial charge in [0, 0.05) is 67.5 Å². The molecule has 0 aliphatic carbocycles. The molecule has 0 fully saturated rings. The molecule has 1 aliphatic heterocycles. The fraction of sp³-hybridized carbons (Fsp3) is 0.263. The number of fused-ring (bicyclic) bond motifs is 1. The van der Waals surface area contributed by atoms with Crippen molar-refractivity contribution in [1.29, 1.82) is 0 Å². The number of rotatable bonds is 17. The van der Waals surface area contributed by atoms with Crippen LogP contribution in [0.4, 0.5) is 52.7 Å². The van der Waals surface area contributed by atoms with Crippen molar-refractivity contribution in [3.63, 3.8) is 0 Å². The molecule has 1 aliphatic rings. The average molecular weight is 1570 g/mol. The van der Waals surface area contributed by atoms with Crippen LogP contribution < -0.4 is 10.6 Å². The first-order valence-electron chi connectivity index (χ1n) is 33.3. The van der Waals surface area contributed by atoms with Crippen molar-refractivity contribution < 1.29 is 71.9 Å². The van der Waals surface area contributed by atoms with E-state index in [0.717, 1.165) is 106 Å². The van der Waals surface area contributed by atoms with E-state index in [2.05, 4.69) is 37.1 Å². The van der Waals surface area contributed by atoms with Crippen LogP contribution in [-0.2, 0) is 78.8 Å². The van der Waals surface area contributed by atoms with Crippen LogP contribution in [0, 0.1) is 6.92 Å². The molecule has 9 heterocycles. The molecular formula is C76H70F12N12O4S4. The Morgan fingerprint density at radius 2 is 0.861 bits per heavy atom. The number of aryl methyl sites for hydroxylation is 5. The van der Waals surface area contributed by atoms with Crippen molar-refractivity contribution in [2.75, 3.05) is 26.2 Å². The van der Waals surface area contributed by atoms with Gasteiger partial charge in [-0.1, -0.05) is 122 Å². The fourth-order valence-corrected chi connectivity index (χ4v) is 14.9. The Balaban J connectivity index is 0.000000154. The number of hydrogen-bond acceptors (Lipinski definition) is 12. The van der Waals surface area contributed by atoms with E-state index >= 15 is 0 Å². The number of carbonyl (C=O) groups excluding carboxylic acids is 4. The molecular weight excluding hydrogens is 1500 g/mol. The van der Waals surface area contributed by atoms with E-state index in [1.165, 1.54) is 50.7 Å². The highest BCUT2D eigenvalue weighted by molar-refractivity contribution is 7.18. The van der Waals surface area contributed by atoms with Gasteiger partial charge in [-0.2, -0.15) is 73.1 Å². The van der Waals surface area contributed by atoms with Crippen molar-refractivity contribution in [1.82, 2.24) is 59.6 Å². The van der Waals surface area contributed by atoms with Crippen molar-refractivity contribution in [2.45, 2.75) is 77.3 Å². The fourth-order valence-electron chi connectivity index (χ4n) is 11.3. The normalized spacial score (nSPS) is 12.6. The van der Waals surface area contributed by atoms with Crippen LogP contribution in [0.25, 0.3) is 42.3 Å². The number of carbonyl (C=O) groups is 4. The number of hydrogen-bond donors (Lipinski definition) is 2. The van der Waals surface area contributed by atoms with Gasteiger partial charge in [-0.15, -0.1) is 45.3 Å². The largest absolute Gasteiger partial charge is 0.433 e. The van der Waals surface area contributed by atoms with Gasteiger partial charge in [0.1, 0.15) is 45.6 Å². The number of nitrogens with zero attached hydrogens (tertiary/aromatic N) is 10. The van der Waals surface area contributed by atoms with E-state index < -0.39 is 47.5 Å².